The average Bonchev–Trinajstić information content (AvgIpc) is 3.15. The van der Waals surface area contributed by atoms with E-state index in [-0.39, 0.29) is 12.5 Å². The maximum Gasteiger partial charge on any atom is 0.277 e. The molecule has 1 N–H and O–H groups in total. The number of hydrazone groups is 1. The van der Waals surface area contributed by atoms with Gasteiger partial charge in [-0.05, 0) is 53.6 Å². The zero-order valence-corrected chi connectivity index (χ0v) is 17.8. The highest BCUT2D eigenvalue weighted by molar-refractivity contribution is 6.09. The van der Waals surface area contributed by atoms with Gasteiger partial charge < -0.3 is 9.30 Å². The zero-order chi connectivity index (χ0) is 21.9. The molecule has 5 rings (SSSR count). The molecule has 4 aromatic carbocycles. The topological polar surface area (TPSA) is 55.6 Å². The van der Waals surface area contributed by atoms with E-state index < -0.39 is 0 Å². The van der Waals surface area contributed by atoms with Crippen molar-refractivity contribution >= 4 is 44.7 Å². The quantitative estimate of drug-likeness (QED) is 0.291. The van der Waals surface area contributed by atoms with E-state index in [2.05, 4.69) is 58.4 Å². The first-order valence-electron chi connectivity index (χ1n) is 10.7. The SMILES string of the molecule is CCn1c2ccccc2c2cc(/C=N\NC(=O)COc3ccc4ccccc4c3)ccc21. The molecule has 1 aromatic heterocycles. The van der Waals surface area contributed by atoms with Crippen molar-refractivity contribution in [1.29, 1.82) is 0 Å². The van der Waals surface area contributed by atoms with Gasteiger partial charge in [0.25, 0.3) is 5.91 Å². The Morgan fingerprint density at radius 2 is 1.69 bits per heavy atom. The van der Waals surface area contributed by atoms with E-state index in [1.54, 1.807) is 6.21 Å². The number of hydrogen-bond acceptors (Lipinski definition) is 3. The van der Waals surface area contributed by atoms with Gasteiger partial charge in [-0.3, -0.25) is 4.79 Å². The number of benzene rings is 4. The zero-order valence-electron chi connectivity index (χ0n) is 17.8. The van der Waals surface area contributed by atoms with Gasteiger partial charge in [-0.2, -0.15) is 5.10 Å². The van der Waals surface area contributed by atoms with Crippen LogP contribution in [0, 0.1) is 0 Å². The summed E-state index contributed by atoms with van der Waals surface area (Å²) >= 11 is 0. The van der Waals surface area contributed by atoms with Gasteiger partial charge in [0.15, 0.2) is 6.61 Å². The number of amides is 1. The van der Waals surface area contributed by atoms with E-state index in [9.17, 15) is 4.79 Å². The van der Waals surface area contributed by atoms with Crippen molar-refractivity contribution in [3.8, 4) is 5.75 Å². The molecule has 0 saturated carbocycles. The van der Waals surface area contributed by atoms with Crippen LogP contribution in [0.3, 0.4) is 0 Å². The van der Waals surface area contributed by atoms with Gasteiger partial charge in [0, 0.05) is 28.4 Å². The van der Waals surface area contributed by atoms with Crippen molar-refractivity contribution in [1.82, 2.24) is 9.99 Å². The lowest BCUT2D eigenvalue weighted by Gasteiger charge is -2.06. The molecule has 5 aromatic rings. The average molecular weight is 422 g/mol. The summed E-state index contributed by atoms with van der Waals surface area (Å²) in [4.78, 5) is 12.1. The number of aromatic nitrogens is 1. The molecule has 158 valence electrons. The summed E-state index contributed by atoms with van der Waals surface area (Å²) in [6, 6.07) is 28.4. The molecule has 0 bridgehead atoms. The molecule has 5 nitrogen and oxygen atoms in total. The molecule has 1 heterocycles. The van der Waals surface area contributed by atoms with Gasteiger partial charge >= 0.3 is 0 Å². The van der Waals surface area contributed by atoms with Gasteiger partial charge in [-0.25, -0.2) is 5.43 Å². The third-order valence-electron chi connectivity index (χ3n) is 5.61. The van der Waals surface area contributed by atoms with Gasteiger partial charge in [-0.1, -0.05) is 54.6 Å². The number of aryl methyl sites for hydroxylation is 1. The van der Waals surface area contributed by atoms with Gasteiger partial charge in [-0.15, -0.1) is 0 Å². The summed E-state index contributed by atoms with van der Waals surface area (Å²) in [5, 5.41) is 8.70. The van der Waals surface area contributed by atoms with Crippen LogP contribution in [0.5, 0.6) is 5.75 Å². The summed E-state index contributed by atoms with van der Waals surface area (Å²) in [5.41, 5.74) is 5.88. The predicted octanol–water partition coefficient (Wildman–Crippen LogP) is 5.50. The number of fused-ring (bicyclic) bond motifs is 4. The van der Waals surface area contributed by atoms with E-state index >= 15 is 0 Å². The summed E-state index contributed by atoms with van der Waals surface area (Å²) in [5.74, 6) is 0.346. The highest BCUT2D eigenvalue weighted by atomic mass is 16.5. The maximum atomic E-state index is 12.1. The molecule has 0 aliphatic carbocycles. The largest absolute Gasteiger partial charge is 0.484 e. The van der Waals surface area contributed by atoms with Crippen LogP contribution in [0.2, 0.25) is 0 Å². The summed E-state index contributed by atoms with van der Waals surface area (Å²) in [7, 11) is 0. The summed E-state index contributed by atoms with van der Waals surface area (Å²) in [6.45, 7) is 2.96. The van der Waals surface area contributed by atoms with Crippen LogP contribution in [0.15, 0.2) is 90.0 Å². The first-order valence-corrected chi connectivity index (χ1v) is 10.7. The summed E-state index contributed by atoms with van der Waals surface area (Å²) in [6.07, 6.45) is 1.66. The second-order valence-electron chi connectivity index (χ2n) is 7.63. The molecule has 32 heavy (non-hydrogen) atoms. The Kier molecular flexibility index (Phi) is 5.30. The second-order valence-corrected chi connectivity index (χ2v) is 7.63. The van der Waals surface area contributed by atoms with Gasteiger partial charge in [0.1, 0.15) is 5.75 Å². The van der Waals surface area contributed by atoms with Crippen LogP contribution >= 0.6 is 0 Å². The minimum absolute atomic E-state index is 0.0985. The molecule has 0 saturated heterocycles. The smallest absolute Gasteiger partial charge is 0.277 e. The number of nitrogens with one attached hydrogen (secondary N) is 1. The molecule has 5 heteroatoms. The molecule has 1 amide bonds. The van der Waals surface area contributed by atoms with Gasteiger partial charge in [0.05, 0.1) is 6.21 Å². The van der Waals surface area contributed by atoms with E-state index in [4.69, 9.17) is 4.74 Å². The fraction of sp³-hybridized carbons (Fsp3) is 0.111. The molecule has 0 fully saturated rings. The number of para-hydroxylation sites is 1. The molecular weight excluding hydrogens is 398 g/mol. The molecule has 0 atom stereocenters. The molecule has 0 unspecified atom stereocenters. The minimum Gasteiger partial charge on any atom is -0.484 e. The van der Waals surface area contributed by atoms with Crippen molar-refractivity contribution < 1.29 is 9.53 Å². The Hall–Kier alpha value is -4.12. The lowest BCUT2D eigenvalue weighted by atomic mass is 10.1. The first kappa shape index (κ1) is 19.8. The fourth-order valence-electron chi connectivity index (χ4n) is 4.11. The van der Waals surface area contributed by atoms with Crippen molar-refractivity contribution in [3.05, 3.63) is 90.5 Å². The molecular formula is C27H23N3O2. The number of carbonyl (C=O) groups is 1. The number of nitrogens with zero attached hydrogens (tertiary/aromatic N) is 2. The van der Waals surface area contributed by atoms with Crippen molar-refractivity contribution in [2.45, 2.75) is 13.5 Å². The third kappa shape index (κ3) is 3.81. The highest BCUT2D eigenvalue weighted by Gasteiger charge is 2.09. The van der Waals surface area contributed by atoms with E-state index in [0.717, 1.165) is 22.9 Å². The standard InChI is InChI=1S/C27H23N3O2/c1-2-30-25-10-6-5-9-23(25)24-15-19(11-14-26(24)30)17-28-29-27(31)18-32-22-13-12-20-7-3-4-8-21(20)16-22/h3-17H,2,18H2,1H3,(H,29,31)/b28-17-. The number of hydrogen-bond donors (Lipinski definition) is 1. The Labute approximate surface area is 185 Å². The van der Waals surface area contributed by atoms with Gasteiger partial charge in [0.2, 0.25) is 0 Å². The number of rotatable bonds is 6. The van der Waals surface area contributed by atoms with Crippen molar-refractivity contribution in [2.24, 2.45) is 5.10 Å². The molecule has 0 aliphatic rings. The fourth-order valence-corrected chi connectivity index (χ4v) is 4.11. The summed E-state index contributed by atoms with van der Waals surface area (Å²) < 4.78 is 7.91. The van der Waals surface area contributed by atoms with Crippen LogP contribution in [0.1, 0.15) is 12.5 Å². The van der Waals surface area contributed by atoms with Crippen LogP contribution in [0.4, 0.5) is 0 Å². The van der Waals surface area contributed by atoms with Crippen LogP contribution < -0.4 is 10.2 Å². The maximum absolute atomic E-state index is 12.1. The Morgan fingerprint density at radius 1 is 0.906 bits per heavy atom. The molecule has 0 aliphatic heterocycles. The van der Waals surface area contributed by atoms with E-state index in [0.29, 0.717) is 5.75 Å². The Balaban J connectivity index is 1.26. The lowest BCUT2D eigenvalue weighted by Crippen LogP contribution is -2.24. The first-order chi connectivity index (χ1) is 15.7. The monoisotopic (exact) mass is 421 g/mol. The van der Waals surface area contributed by atoms with E-state index in [1.807, 2.05) is 48.5 Å². The minimum atomic E-state index is -0.307. The van der Waals surface area contributed by atoms with Crippen LogP contribution in [-0.4, -0.2) is 23.3 Å². The Morgan fingerprint density at radius 3 is 2.56 bits per heavy atom. The van der Waals surface area contributed by atoms with E-state index in [1.165, 1.54) is 21.8 Å². The Bertz CT molecular complexity index is 1470. The molecule has 0 spiro atoms. The number of ether oxygens (including phenoxy) is 1. The van der Waals surface area contributed by atoms with Crippen LogP contribution in [0.25, 0.3) is 32.6 Å². The predicted molar refractivity (Wildman–Crippen MR) is 130 cm³/mol. The molecule has 0 radical (unpaired) electrons. The third-order valence-corrected chi connectivity index (χ3v) is 5.61. The van der Waals surface area contributed by atoms with Crippen LogP contribution in [-0.2, 0) is 11.3 Å². The van der Waals surface area contributed by atoms with Crippen molar-refractivity contribution in [2.75, 3.05) is 6.61 Å². The normalized spacial score (nSPS) is 11.5. The number of carbonyl (C=O) groups excluding carboxylic acids is 1. The van der Waals surface area contributed by atoms with Crippen molar-refractivity contribution in [3.63, 3.8) is 0 Å². The lowest BCUT2D eigenvalue weighted by molar-refractivity contribution is -0.123. The second kappa shape index (κ2) is 8.55. The highest BCUT2D eigenvalue weighted by Crippen LogP contribution is 2.29.